The highest BCUT2D eigenvalue weighted by atomic mass is 19.1. The van der Waals surface area contributed by atoms with Crippen LogP contribution in [0.25, 0.3) is 10.9 Å². The van der Waals surface area contributed by atoms with E-state index >= 15 is 0 Å². The number of rotatable bonds is 6. The van der Waals surface area contributed by atoms with Crippen molar-refractivity contribution in [2.24, 2.45) is 0 Å². The third kappa shape index (κ3) is 3.99. The van der Waals surface area contributed by atoms with Crippen LogP contribution >= 0.6 is 0 Å². The molecule has 130 valence electrons. The van der Waals surface area contributed by atoms with Crippen molar-refractivity contribution in [1.29, 1.82) is 0 Å². The zero-order valence-electron chi connectivity index (χ0n) is 14.4. The molecule has 0 saturated heterocycles. The lowest BCUT2D eigenvalue weighted by Gasteiger charge is -2.07. The lowest BCUT2D eigenvalue weighted by atomic mass is 10.1. The fourth-order valence-corrected chi connectivity index (χ4v) is 2.94. The number of nitrogens with one attached hydrogen (secondary N) is 2. The van der Waals surface area contributed by atoms with Gasteiger partial charge in [0.25, 0.3) is 0 Å². The van der Waals surface area contributed by atoms with Gasteiger partial charge in [-0.25, -0.2) is 4.39 Å². The minimum atomic E-state index is -0.298. The van der Waals surface area contributed by atoms with Crippen LogP contribution in [0, 0.1) is 12.7 Å². The molecule has 2 N–H and O–H groups in total. The summed E-state index contributed by atoms with van der Waals surface area (Å²) in [7, 11) is 1.63. The van der Waals surface area contributed by atoms with Crippen molar-refractivity contribution in [1.82, 2.24) is 10.3 Å². The molecular weight excluding hydrogens is 319 g/mol. The maximum atomic E-state index is 13.5. The van der Waals surface area contributed by atoms with Crippen molar-refractivity contribution in [2.45, 2.75) is 19.8 Å². The summed E-state index contributed by atoms with van der Waals surface area (Å²) in [6.07, 6.45) is 0.981. The van der Waals surface area contributed by atoms with Crippen LogP contribution in [0.1, 0.15) is 16.8 Å². The molecule has 5 heteroatoms. The second kappa shape index (κ2) is 7.38. The van der Waals surface area contributed by atoms with Gasteiger partial charge in [0.1, 0.15) is 11.6 Å². The Kier molecular flexibility index (Phi) is 5.03. The SMILES string of the molecule is COc1ccc(CCNC(=O)Cc2c(C)[nH]c3ccc(F)cc23)cc1. The fourth-order valence-electron chi connectivity index (χ4n) is 2.94. The molecule has 25 heavy (non-hydrogen) atoms. The van der Waals surface area contributed by atoms with Crippen LogP contribution in [-0.4, -0.2) is 24.5 Å². The van der Waals surface area contributed by atoms with Crippen LogP contribution in [-0.2, 0) is 17.6 Å². The summed E-state index contributed by atoms with van der Waals surface area (Å²) in [6.45, 7) is 2.46. The standard InChI is InChI=1S/C20H21FN2O2/c1-13-17(18-11-15(21)5-8-19(18)23-13)12-20(24)22-10-9-14-3-6-16(25-2)7-4-14/h3-8,11,23H,9-10,12H2,1-2H3,(H,22,24). The summed E-state index contributed by atoms with van der Waals surface area (Å²) in [5.41, 5.74) is 3.72. The minimum absolute atomic E-state index is 0.0678. The molecule has 1 amide bonds. The van der Waals surface area contributed by atoms with E-state index in [2.05, 4.69) is 10.3 Å². The van der Waals surface area contributed by atoms with Crippen molar-refractivity contribution < 1.29 is 13.9 Å². The first-order valence-electron chi connectivity index (χ1n) is 8.23. The molecule has 0 fully saturated rings. The molecule has 0 saturated carbocycles. The smallest absolute Gasteiger partial charge is 0.224 e. The molecular formula is C20H21FN2O2. The van der Waals surface area contributed by atoms with E-state index in [0.29, 0.717) is 6.54 Å². The van der Waals surface area contributed by atoms with Crippen LogP contribution in [0.15, 0.2) is 42.5 Å². The lowest BCUT2D eigenvalue weighted by molar-refractivity contribution is -0.120. The van der Waals surface area contributed by atoms with Gasteiger partial charge in [-0.05, 0) is 54.8 Å². The van der Waals surface area contributed by atoms with E-state index in [1.807, 2.05) is 31.2 Å². The average molecular weight is 340 g/mol. The average Bonchev–Trinajstić information content (AvgIpc) is 2.91. The zero-order valence-corrected chi connectivity index (χ0v) is 14.4. The Hall–Kier alpha value is -2.82. The molecule has 0 aliphatic carbocycles. The van der Waals surface area contributed by atoms with E-state index in [1.165, 1.54) is 12.1 Å². The molecule has 3 rings (SSSR count). The molecule has 3 aromatic rings. The number of aromatic nitrogens is 1. The van der Waals surface area contributed by atoms with E-state index in [9.17, 15) is 9.18 Å². The number of H-pyrrole nitrogens is 1. The normalized spacial score (nSPS) is 10.8. The lowest BCUT2D eigenvalue weighted by Crippen LogP contribution is -2.27. The van der Waals surface area contributed by atoms with Crippen molar-refractivity contribution in [2.75, 3.05) is 13.7 Å². The Labute approximate surface area is 146 Å². The van der Waals surface area contributed by atoms with E-state index in [-0.39, 0.29) is 18.1 Å². The van der Waals surface area contributed by atoms with Crippen LogP contribution < -0.4 is 10.1 Å². The van der Waals surface area contributed by atoms with Gasteiger partial charge >= 0.3 is 0 Å². The Balaban J connectivity index is 1.59. The number of carbonyl (C=O) groups excluding carboxylic acids is 1. The first kappa shape index (κ1) is 17.0. The second-order valence-corrected chi connectivity index (χ2v) is 6.04. The Morgan fingerprint density at radius 1 is 1.20 bits per heavy atom. The number of hydrogen-bond acceptors (Lipinski definition) is 2. The third-order valence-electron chi connectivity index (χ3n) is 4.31. The predicted octanol–water partition coefficient (Wildman–Crippen LogP) is 3.53. The van der Waals surface area contributed by atoms with Crippen LogP contribution in [0.5, 0.6) is 5.75 Å². The molecule has 0 aliphatic heterocycles. The van der Waals surface area contributed by atoms with Gasteiger partial charge in [-0.3, -0.25) is 4.79 Å². The quantitative estimate of drug-likeness (QED) is 0.721. The molecule has 1 aromatic heterocycles. The Bertz CT molecular complexity index is 885. The molecule has 4 nitrogen and oxygen atoms in total. The van der Waals surface area contributed by atoms with E-state index < -0.39 is 0 Å². The van der Waals surface area contributed by atoms with Crippen molar-refractivity contribution in [3.05, 3.63) is 65.1 Å². The maximum Gasteiger partial charge on any atom is 0.224 e. The topological polar surface area (TPSA) is 54.1 Å². The highest BCUT2D eigenvalue weighted by Crippen LogP contribution is 2.23. The largest absolute Gasteiger partial charge is 0.497 e. The molecule has 1 heterocycles. The fraction of sp³-hybridized carbons (Fsp3) is 0.250. The number of benzene rings is 2. The number of methoxy groups -OCH3 is 1. The zero-order chi connectivity index (χ0) is 17.8. The summed E-state index contributed by atoms with van der Waals surface area (Å²) in [5.74, 6) is 0.448. The van der Waals surface area contributed by atoms with Gasteiger partial charge in [0.2, 0.25) is 5.91 Å². The predicted molar refractivity (Wildman–Crippen MR) is 96.4 cm³/mol. The van der Waals surface area contributed by atoms with Gasteiger partial charge in [-0.1, -0.05) is 12.1 Å². The highest BCUT2D eigenvalue weighted by Gasteiger charge is 2.13. The number of amides is 1. The van der Waals surface area contributed by atoms with Crippen molar-refractivity contribution in [3.8, 4) is 5.75 Å². The number of halogens is 1. The molecule has 0 unspecified atom stereocenters. The number of aryl methyl sites for hydroxylation is 1. The molecule has 0 spiro atoms. The van der Waals surface area contributed by atoms with Gasteiger partial charge in [0.15, 0.2) is 0 Å². The molecule has 0 aliphatic rings. The summed E-state index contributed by atoms with van der Waals surface area (Å²) in [6, 6.07) is 12.4. The first-order chi connectivity index (χ1) is 12.1. The number of hydrogen-bond donors (Lipinski definition) is 2. The van der Waals surface area contributed by atoms with Gasteiger partial charge in [0.05, 0.1) is 13.5 Å². The molecule has 2 aromatic carbocycles. The first-order valence-corrected chi connectivity index (χ1v) is 8.23. The van der Waals surface area contributed by atoms with E-state index in [1.54, 1.807) is 13.2 Å². The summed E-state index contributed by atoms with van der Waals surface area (Å²) in [4.78, 5) is 15.4. The summed E-state index contributed by atoms with van der Waals surface area (Å²) >= 11 is 0. The van der Waals surface area contributed by atoms with E-state index in [4.69, 9.17) is 4.74 Å². The minimum Gasteiger partial charge on any atom is -0.497 e. The monoisotopic (exact) mass is 340 g/mol. The number of ether oxygens (including phenoxy) is 1. The van der Waals surface area contributed by atoms with Gasteiger partial charge in [-0.15, -0.1) is 0 Å². The number of carbonyl (C=O) groups is 1. The summed E-state index contributed by atoms with van der Waals surface area (Å²) in [5, 5.41) is 3.69. The van der Waals surface area contributed by atoms with Crippen molar-refractivity contribution >= 4 is 16.8 Å². The summed E-state index contributed by atoms with van der Waals surface area (Å²) < 4.78 is 18.6. The van der Waals surface area contributed by atoms with Crippen molar-refractivity contribution in [3.63, 3.8) is 0 Å². The van der Waals surface area contributed by atoms with Crippen LogP contribution in [0.2, 0.25) is 0 Å². The molecule has 0 bridgehead atoms. The number of fused-ring (bicyclic) bond motifs is 1. The van der Waals surface area contributed by atoms with Crippen LogP contribution in [0.3, 0.4) is 0 Å². The van der Waals surface area contributed by atoms with Gasteiger partial charge < -0.3 is 15.0 Å². The van der Waals surface area contributed by atoms with E-state index in [0.717, 1.165) is 39.9 Å². The van der Waals surface area contributed by atoms with Crippen LogP contribution in [0.4, 0.5) is 4.39 Å². The Morgan fingerprint density at radius 2 is 1.96 bits per heavy atom. The van der Waals surface area contributed by atoms with Gasteiger partial charge in [0, 0.05) is 23.1 Å². The second-order valence-electron chi connectivity index (χ2n) is 6.04. The number of aromatic amines is 1. The third-order valence-corrected chi connectivity index (χ3v) is 4.31. The molecule has 0 atom stereocenters. The molecule has 0 radical (unpaired) electrons. The van der Waals surface area contributed by atoms with Gasteiger partial charge in [-0.2, -0.15) is 0 Å². The Morgan fingerprint density at radius 3 is 2.68 bits per heavy atom. The highest BCUT2D eigenvalue weighted by molar-refractivity contribution is 5.90. The maximum absolute atomic E-state index is 13.5.